The van der Waals surface area contributed by atoms with Crippen LogP contribution in [-0.2, 0) is 4.74 Å². The van der Waals surface area contributed by atoms with Crippen LogP contribution >= 0.6 is 0 Å². The standard InChI is InChI=1S/C13H25NO/c1-12(2,7-8-14)11-4-9-15-13(10-11)5-3-6-13/h11H,3-10,14H2,1-2H3. The molecule has 1 heterocycles. The molecule has 0 aromatic heterocycles. The molecule has 2 nitrogen and oxygen atoms in total. The van der Waals surface area contributed by atoms with Crippen LogP contribution in [0.2, 0.25) is 0 Å². The average Bonchev–Trinajstić information content (AvgIpc) is 2.16. The van der Waals surface area contributed by atoms with Gasteiger partial charge < -0.3 is 10.5 Å². The Morgan fingerprint density at radius 1 is 1.40 bits per heavy atom. The van der Waals surface area contributed by atoms with E-state index in [-0.39, 0.29) is 5.60 Å². The van der Waals surface area contributed by atoms with Crippen molar-refractivity contribution in [3.8, 4) is 0 Å². The van der Waals surface area contributed by atoms with E-state index in [0.29, 0.717) is 5.41 Å². The second kappa shape index (κ2) is 4.06. The molecule has 2 N–H and O–H groups in total. The lowest BCUT2D eigenvalue weighted by atomic mass is 9.64. The first-order chi connectivity index (χ1) is 7.08. The SMILES string of the molecule is CC(C)(CCN)C1CCOC2(CCC2)C1. The molecule has 2 aliphatic rings. The lowest BCUT2D eigenvalue weighted by Crippen LogP contribution is -2.48. The topological polar surface area (TPSA) is 35.2 Å². The van der Waals surface area contributed by atoms with E-state index in [1.165, 1.54) is 32.1 Å². The van der Waals surface area contributed by atoms with Crippen LogP contribution in [0.5, 0.6) is 0 Å². The van der Waals surface area contributed by atoms with Crippen LogP contribution in [0.4, 0.5) is 0 Å². The van der Waals surface area contributed by atoms with E-state index in [1.807, 2.05) is 0 Å². The minimum atomic E-state index is 0.286. The van der Waals surface area contributed by atoms with Crippen molar-refractivity contribution in [1.29, 1.82) is 0 Å². The molecule has 15 heavy (non-hydrogen) atoms. The van der Waals surface area contributed by atoms with Crippen LogP contribution in [0.25, 0.3) is 0 Å². The highest BCUT2D eigenvalue weighted by Crippen LogP contribution is 2.49. The van der Waals surface area contributed by atoms with E-state index in [4.69, 9.17) is 10.5 Å². The molecule has 1 unspecified atom stereocenters. The molecule has 2 fully saturated rings. The molecule has 0 bridgehead atoms. The molecule has 1 aliphatic carbocycles. The van der Waals surface area contributed by atoms with Gasteiger partial charge in [-0.3, -0.25) is 0 Å². The van der Waals surface area contributed by atoms with Gasteiger partial charge in [-0.25, -0.2) is 0 Å². The molecular weight excluding hydrogens is 186 g/mol. The summed E-state index contributed by atoms with van der Waals surface area (Å²) in [5, 5.41) is 0. The van der Waals surface area contributed by atoms with Crippen molar-refractivity contribution in [2.24, 2.45) is 17.1 Å². The van der Waals surface area contributed by atoms with Crippen molar-refractivity contribution < 1.29 is 4.74 Å². The Kier molecular flexibility index (Phi) is 3.09. The molecule has 0 aromatic rings. The van der Waals surface area contributed by atoms with E-state index in [9.17, 15) is 0 Å². The Bertz CT molecular complexity index is 221. The zero-order valence-electron chi connectivity index (χ0n) is 10.2. The maximum atomic E-state index is 5.97. The van der Waals surface area contributed by atoms with Gasteiger partial charge in [0.1, 0.15) is 0 Å². The normalized spacial score (nSPS) is 30.2. The molecule has 0 amide bonds. The third-order valence-electron chi connectivity index (χ3n) is 4.65. The Morgan fingerprint density at radius 3 is 2.67 bits per heavy atom. The Labute approximate surface area is 93.6 Å². The third kappa shape index (κ3) is 2.21. The molecule has 1 saturated carbocycles. The maximum Gasteiger partial charge on any atom is 0.0685 e. The second-order valence-corrected chi connectivity index (χ2v) is 6.10. The van der Waals surface area contributed by atoms with E-state index in [2.05, 4.69) is 13.8 Å². The van der Waals surface area contributed by atoms with Crippen LogP contribution in [0.1, 0.15) is 52.4 Å². The van der Waals surface area contributed by atoms with E-state index in [1.54, 1.807) is 0 Å². The van der Waals surface area contributed by atoms with Crippen molar-refractivity contribution in [3.05, 3.63) is 0 Å². The number of hydrogen-bond donors (Lipinski definition) is 1. The predicted molar refractivity (Wildman–Crippen MR) is 62.7 cm³/mol. The fourth-order valence-electron chi connectivity index (χ4n) is 3.19. The fraction of sp³-hybridized carbons (Fsp3) is 1.00. The van der Waals surface area contributed by atoms with E-state index < -0.39 is 0 Å². The van der Waals surface area contributed by atoms with Gasteiger partial charge in [-0.2, -0.15) is 0 Å². The van der Waals surface area contributed by atoms with Crippen LogP contribution in [0, 0.1) is 11.3 Å². The highest BCUT2D eigenvalue weighted by molar-refractivity contribution is 4.97. The minimum absolute atomic E-state index is 0.286. The quantitative estimate of drug-likeness (QED) is 0.779. The minimum Gasteiger partial charge on any atom is -0.375 e. The van der Waals surface area contributed by atoms with Crippen LogP contribution in [0.3, 0.4) is 0 Å². The van der Waals surface area contributed by atoms with Gasteiger partial charge in [-0.1, -0.05) is 13.8 Å². The smallest absolute Gasteiger partial charge is 0.0685 e. The fourth-order valence-corrected chi connectivity index (χ4v) is 3.19. The Morgan fingerprint density at radius 2 is 2.13 bits per heavy atom. The number of hydrogen-bond acceptors (Lipinski definition) is 2. The van der Waals surface area contributed by atoms with E-state index >= 15 is 0 Å². The summed E-state index contributed by atoms with van der Waals surface area (Å²) in [6.45, 7) is 6.54. The van der Waals surface area contributed by atoms with Crippen molar-refractivity contribution in [3.63, 3.8) is 0 Å². The van der Waals surface area contributed by atoms with Crippen LogP contribution in [0.15, 0.2) is 0 Å². The summed E-state index contributed by atoms with van der Waals surface area (Å²) in [6.07, 6.45) is 7.61. The van der Waals surface area contributed by atoms with Crippen LogP contribution in [-0.4, -0.2) is 18.8 Å². The summed E-state index contributed by atoms with van der Waals surface area (Å²) in [7, 11) is 0. The van der Waals surface area contributed by atoms with Crippen LogP contribution < -0.4 is 5.73 Å². The van der Waals surface area contributed by atoms with Crippen molar-refractivity contribution in [1.82, 2.24) is 0 Å². The molecule has 1 spiro atoms. The molecule has 0 aromatic carbocycles. The Hall–Kier alpha value is -0.0800. The van der Waals surface area contributed by atoms with Gasteiger partial charge in [0.25, 0.3) is 0 Å². The highest BCUT2D eigenvalue weighted by Gasteiger charge is 2.45. The summed E-state index contributed by atoms with van der Waals surface area (Å²) in [6, 6.07) is 0. The number of nitrogens with two attached hydrogens (primary N) is 1. The van der Waals surface area contributed by atoms with Gasteiger partial charge in [0.2, 0.25) is 0 Å². The van der Waals surface area contributed by atoms with Gasteiger partial charge in [-0.15, -0.1) is 0 Å². The molecular formula is C13H25NO. The molecule has 2 rings (SSSR count). The second-order valence-electron chi connectivity index (χ2n) is 6.10. The predicted octanol–water partition coefficient (Wildman–Crippen LogP) is 2.71. The monoisotopic (exact) mass is 211 g/mol. The molecule has 1 aliphatic heterocycles. The Balaban J connectivity index is 1.97. The van der Waals surface area contributed by atoms with E-state index in [0.717, 1.165) is 25.5 Å². The zero-order valence-corrected chi connectivity index (χ0v) is 10.2. The van der Waals surface area contributed by atoms with Crippen molar-refractivity contribution in [2.75, 3.05) is 13.2 Å². The molecule has 1 saturated heterocycles. The summed E-state index contributed by atoms with van der Waals surface area (Å²) >= 11 is 0. The average molecular weight is 211 g/mol. The lowest BCUT2D eigenvalue weighted by molar-refractivity contribution is -0.157. The molecule has 1 atom stereocenters. The first-order valence-corrected chi connectivity index (χ1v) is 6.42. The lowest BCUT2D eigenvalue weighted by Gasteiger charge is -2.51. The zero-order chi connectivity index (χ0) is 10.9. The van der Waals surface area contributed by atoms with Gasteiger partial charge in [-0.05, 0) is 56.4 Å². The van der Waals surface area contributed by atoms with Gasteiger partial charge in [0.05, 0.1) is 5.60 Å². The number of ether oxygens (including phenoxy) is 1. The summed E-state index contributed by atoms with van der Waals surface area (Å²) in [5.41, 5.74) is 6.39. The number of rotatable bonds is 3. The van der Waals surface area contributed by atoms with Crippen molar-refractivity contribution >= 4 is 0 Å². The maximum absolute atomic E-state index is 5.97. The summed E-state index contributed by atoms with van der Waals surface area (Å²) in [5.74, 6) is 0.815. The molecule has 88 valence electrons. The molecule has 0 radical (unpaired) electrons. The van der Waals surface area contributed by atoms with Crippen molar-refractivity contribution in [2.45, 2.75) is 58.0 Å². The largest absolute Gasteiger partial charge is 0.375 e. The summed E-state index contributed by atoms with van der Waals surface area (Å²) in [4.78, 5) is 0. The first-order valence-electron chi connectivity index (χ1n) is 6.42. The van der Waals surface area contributed by atoms with Gasteiger partial charge in [0, 0.05) is 6.61 Å². The highest BCUT2D eigenvalue weighted by atomic mass is 16.5. The third-order valence-corrected chi connectivity index (χ3v) is 4.65. The van der Waals surface area contributed by atoms with Gasteiger partial charge >= 0.3 is 0 Å². The summed E-state index contributed by atoms with van der Waals surface area (Å²) < 4.78 is 5.97. The molecule has 2 heteroatoms. The van der Waals surface area contributed by atoms with Gasteiger partial charge in [0.15, 0.2) is 0 Å². The first kappa shape index (κ1) is 11.4.